The van der Waals surface area contributed by atoms with E-state index >= 15 is 0 Å². The normalized spacial score (nSPS) is 16.2. The van der Waals surface area contributed by atoms with Gasteiger partial charge in [-0.3, -0.25) is 20.0 Å². The van der Waals surface area contributed by atoms with E-state index in [-0.39, 0.29) is 11.5 Å². The predicted octanol–water partition coefficient (Wildman–Crippen LogP) is 2.70. The molecule has 1 aliphatic rings. The fourth-order valence-electron chi connectivity index (χ4n) is 2.87. The quantitative estimate of drug-likeness (QED) is 0.445. The number of imidazole rings is 1. The Hall–Kier alpha value is -3.14. The van der Waals surface area contributed by atoms with E-state index in [4.69, 9.17) is 5.73 Å². The zero-order chi connectivity index (χ0) is 17.7. The number of nitrogens with zero attached hydrogens (tertiary/aromatic N) is 4. The summed E-state index contributed by atoms with van der Waals surface area (Å²) >= 11 is 3.24. The van der Waals surface area contributed by atoms with Gasteiger partial charge < -0.3 is 10.8 Å². The Labute approximate surface area is 149 Å². The highest BCUT2D eigenvalue weighted by Crippen LogP contribution is 2.41. The Morgan fingerprint density at radius 2 is 2.12 bits per heavy atom. The number of phenols is 1. The van der Waals surface area contributed by atoms with Crippen molar-refractivity contribution in [2.75, 3.05) is 5.32 Å². The van der Waals surface area contributed by atoms with E-state index in [2.05, 4.69) is 31.2 Å². The minimum atomic E-state index is -0.792. The molecule has 0 saturated carbocycles. The second-order valence-corrected chi connectivity index (χ2v) is 6.34. The maximum absolute atomic E-state index is 11.2. The second kappa shape index (κ2) is 5.45. The SMILES string of the molecule is NC1=N[C@H](c2cc(Br)cc([N+](=O)[O-])c2O)n2c(nc3ccccc32)N1. The third-order valence-corrected chi connectivity index (χ3v) is 4.36. The molecule has 1 aliphatic heterocycles. The van der Waals surface area contributed by atoms with Crippen molar-refractivity contribution in [2.24, 2.45) is 10.7 Å². The number of hydrogen-bond acceptors (Lipinski definition) is 7. The number of nitro benzene ring substituents is 1. The minimum absolute atomic E-state index is 0.106. The van der Waals surface area contributed by atoms with Gasteiger partial charge in [0, 0.05) is 16.1 Å². The molecule has 10 heteroatoms. The summed E-state index contributed by atoms with van der Waals surface area (Å²) < 4.78 is 2.18. The first kappa shape index (κ1) is 15.4. The molecule has 0 bridgehead atoms. The number of fused-ring (bicyclic) bond motifs is 3. The molecule has 0 fully saturated rings. The lowest BCUT2D eigenvalue weighted by molar-refractivity contribution is -0.386. The molecule has 1 aromatic heterocycles. The number of guanidine groups is 1. The topological polar surface area (TPSA) is 132 Å². The van der Waals surface area contributed by atoms with Crippen molar-refractivity contribution >= 4 is 44.6 Å². The Morgan fingerprint density at radius 3 is 2.88 bits per heavy atom. The van der Waals surface area contributed by atoms with Gasteiger partial charge in [0.25, 0.3) is 0 Å². The van der Waals surface area contributed by atoms with Gasteiger partial charge in [0.1, 0.15) is 0 Å². The number of nitrogens with one attached hydrogen (secondary N) is 1. The summed E-state index contributed by atoms with van der Waals surface area (Å²) in [5, 5.41) is 24.5. The van der Waals surface area contributed by atoms with Crippen molar-refractivity contribution in [3.8, 4) is 5.75 Å². The largest absolute Gasteiger partial charge is 0.502 e. The van der Waals surface area contributed by atoms with Gasteiger partial charge in [-0.2, -0.15) is 0 Å². The van der Waals surface area contributed by atoms with Crippen molar-refractivity contribution in [3.05, 3.63) is 56.5 Å². The number of benzene rings is 2. The Bertz CT molecular complexity index is 1060. The fourth-order valence-corrected chi connectivity index (χ4v) is 3.33. The van der Waals surface area contributed by atoms with Crippen LogP contribution in [0.15, 0.2) is 45.9 Å². The number of hydrogen-bond donors (Lipinski definition) is 3. The summed E-state index contributed by atoms with van der Waals surface area (Å²) in [4.78, 5) is 19.3. The Morgan fingerprint density at radius 1 is 1.36 bits per heavy atom. The lowest BCUT2D eigenvalue weighted by atomic mass is 10.1. The molecule has 0 unspecified atom stereocenters. The standard InChI is InChI=1S/C15H11BrN6O3/c16-7-5-8(12(23)11(6-7)22(24)25)13-19-14(17)20-15-18-9-3-1-2-4-10(9)21(13)15/h1-6,13,23H,(H3,17,18,19,20)/t13-/m0/s1. The molecule has 2 heterocycles. The highest BCUT2D eigenvalue weighted by Gasteiger charge is 2.30. The third kappa shape index (κ3) is 2.38. The molecule has 3 aromatic rings. The highest BCUT2D eigenvalue weighted by atomic mass is 79.9. The van der Waals surface area contributed by atoms with Crippen LogP contribution in [0.5, 0.6) is 5.75 Å². The lowest BCUT2D eigenvalue weighted by Gasteiger charge is -2.24. The molecule has 0 amide bonds. The summed E-state index contributed by atoms with van der Waals surface area (Å²) in [6.45, 7) is 0. The van der Waals surface area contributed by atoms with Crippen LogP contribution in [0.25, 0.3) is 11.0 Å². The number of halogens is 1. The van der Waals surface area contributed by atoms with Crippen molar-refractivity contribution in [1.82, 2.24) is 9.55 Å². The number of aromatic nitrogens is 2. The number of nitro groups is 1. The molecular formula is C15H11BrN6O3. The highest BCUT2D eigenvalue weighted by molar-refractivity contribution is 9.10. The minimum Gasteiger partial charge on any atom is -0.502 e. The van der Waals surface area contributed by atoms with Gasteiger partial charge in [0.15, 0.2) is 12.1 Å². The molecule has 9 nitrogen and oxygen atoms in total. The maximum atomic E-state index is 11.2. The maximum Gasteiger partial charge on any atom is 0.312 e. The smallest absolute Gasteiger partial charge is 0.312 e. The van der Waals surface area contributed by atoms with Crippen LogP contribution in [-0.2, 0) is 0 Å². The van der Waals surface area contributed by atoms with Gasteiger partial charge in [0.05, 0.1) is 16.0 Å². The first-order valence-corrected chi connectivity index (χ1v) is 7.99. The molecule has 0 spiro atoms. The number of anilines is 1. The Kier molecular flexibility index (Phi) is 3.35. The fraction of sp³-hybridized carbons (Fsp3) is 0.0667. The van der Waals surface area contributed by atoms with Crippen molar-refractivity contribution in [3.63, 3.8) is 0 Å². The van der Waals surface area contributed by atoms with E-state index in [1.54, 1.807) is 10.6 Å². The molecule has 2 aromatic carbocycles. The number of aliphatic imine (C=N–C) groups is 1. The predicted molar refractivity (Wildman–Crippen MR) is 95.6 cm³/mol. The molecule has 0 saturated heterocycles. The van der Waals surface area contributed by atoms with Gasteiger partial charge in [-0.15, -0.1) is 0 Å². The van der Waals surface area contributed by atoms with Gasteiger partial charge in [-0.05, 0) is 18.2 Å². The van der Waals surface area contributed by atoms with Crippen LogP contribution in [-0.4, -0.2) is 25.5 Å². The third-order valence-electron chi connectivity index (χ3n) is 3.90. The van der Waals surface area contributed by atoms with E-state index in [0.717, 1.165) is 5.52 Å². The first-order valence-electron chi connectivity index (χ1n) is 7.20. The van der Waals surface area contributed by atoms with Gasteiger partial charge in [-0.1, -0.05) is 28.1 Å². The van der Waals surface area contributed by atoms with E-state index < -0.39 is 22.5 Å². The van der Waals surface area contributed by atoms with Gasteiger partial charge >= 0.3 is 5.69 Å². The zero-order valence-electron chi connectivity index (χ0n) is 12.5. The number of phenolic OH excluding ortho intramolecular Hbond substituents is 1. The number of nitrogens with two attached hydrogens (primary N) is 1. The van der Waals surface area contributed by atoms with E-state index in [1.165, 1.54) is 6.07 Å². The molecular weight excluding hydrogens is 392 g/mol. The average molecular weight is 403 g/mol. The molecule has 0 aliphatic carbocycles. The van der Waals surface area contributed by atoms with Crippen LogP contribution in [0.2, 0.25) is 0 Å². The molecule has 126 valence electrons. The van der Waals surface area contributed by atoms with Crippen LogP contribution in [0, 0.1) is 10.1 Å². The number of para-hydroxylation sites is 2. The average Bonchev–Trinajstić information content (AvgIpc) is 2.93. The van der Waals surface area contributed by atoms with Crippen molar-refractivity contribution < 1.29 is 10.0 Å². The second-order valence-electron chi connectivity index (χ2n) is 5.43. The van der Waals surface area contributed by atoms with E-state index in [1.807, 2.05) is 24.3 Å². The van der Waals surface area contributed by atoms with Crippen LogP contribution < -0.4 is 11.1 Å². The van der Waals surface area contributed by atoms with Crippen molar-refractivity contribution in [2.45, 2.75) is 6.17 Å². The molecule has 25 heavy (non-hydrogen) atoms. The molecule has 0 radical (unpaired) electrons. The van der Waals surface area contributed by atoms with Crippen LogP contribution in [0.1, 0.15) is 11.7 Å². The summed E-state index contributed by atoms with van der Waals surface area (Å²) in [5.74, 6) is 0.0935. The Balaban J connectivity index is 2.01. The van der Waals surface area contributed by atoms with Crippen molar-refractivity contribution in [1.29, 1.82) is 0 Å². The summed E-state index contributed by atoms with van der Waals surface area (Å²) in [6.07, 6.45) is -0.792. The number of aromatic hydroxyl groups is 1. The molecule has 4 rings (SSSR count). The lowest BCUT2D eigenvalue weighted by Crippen LogP contribution is -2.31. The van der Waals surface area contributed by atoms with E-state index in [9.17, 15) is 15.2 Å². The van der Waals surface area contributed by atoms with Crippen LogP contribution in [0.3, 0.4) is 0 Å². The molecule has 4 N–H and O–H groups in total. The van der Waals surface area contributed by atoms with Crippen LogP contribution >= 0.6 is 15.9 Å². The summed E-state index contributed by atoms with van der Waals surface area (Å²) in [5.41, 5.74) is 7.14. The number of rotatable bonds is 2. The van der Waals surface area contributed by atoms with E-state index in [0.29, 0.717) is 15.9 Å². The summed E-state index contributed by atoms with van der Waals surface area (Å²) in [6, 6.07) is 10.2. The first-order chi connectivity index (χ1) is 12.0. The van der Waals surface area contributed by atoms with Gasteiger partial charge in [-0.25, -0.2) is 9.98 Å². The van der Waals surface area contributed by atoms with Gasteiger partial charge in [0.2, 0.25) is 11.7 Å². The molecule has 1 atom stereocenters. The summed E-state index contributed by atoms with van der Waals surface area (Å²) in [7, 11) is 0. The zero-order valence-corrected chi connectivity index (χ0v) is 14.1. The monoisotopic (exact) mass is 402 g/mol. The van der Waals surface area contributed by atoms with Crippen LogP contribution in [0.4, 0.5) is 11.6 Å².